The standard InChI is InChI=1S/C10H10N4O/c11-9(15)10-13-7-3-5-1-2-12-6(5)4-8(7)14-10/h1-4,8,10,12,14H,(H2,11,15). The molecule has 1 aliphatic carbocycles. The molecule has 0 aromatic carbocycles. The lowest BCUT2D eigenvalue weighted by Crippen LogP contribution is -2.43. The molecule has 1 aromatic rings. The van der Waals surface area contributed by atoms with Gasteiger partial charge in [-0.05, 0) is 18.2 Å². The van der Waals surface area contributed by atoms with Gasteiger partial charge < -0.3 is 10.7 Å². The predicted molar refractivity (Wildman–Crippen MR) is 56.3 cm³/mol. The highest BCUT2D eigenvalue weighted by atomic mass is 16.1. The molecule has 15 heavy (non-hydrogen) atoms. The zero-order valence-corrected chi connectivity index (χ0v) is 7.90. The van der Waals surface area contributed by atoms with Gasteiger partial charge in [-0.1, -0.05) is 0 Å². The highest BCUT2D eigenvalue weighted by Gasteiger charge is 2.28. The molecule has 5 nitrogen and oxygen atoms in total. The summed E-state index contributed by atoms with van der Waals surface area (Å²) in [7, 11) is 0. The molecule has 1 aromatic heterocycles. The van der Waals surface area contributed by atoms with Crippen LogP contribution in [0.2, 0.25) is 0 Å². The van der Waals surface area contributed by atoms with Crippen LogP contribution >= 0.6 is 0 Å². The molecule has 2 heterocycles. The maximum atomic E-state index is 11.0. The second kappa shape index (κ2) is 2.80. The smallest absolute Gasteiger partial charge is 0.257 e. The molecule has 76 valence electrons. The Morgan fingerprint density at radius 2 is 2.40 bits per heavy atom. The third-order valence-electron chi connectivity index (χ3n) is 2.65. The van der Waals surface area contributed by atoms with E-state index in [1.807, 2.05) is 24.4 Å². The Balaban J connectivity index is 2.10. The first-order valence-electron chi connectivity index (χ1n) is 4.74. The van der Waals surface area contributed by atoms with Gasteiger partial charge in [-0.3, -0.25) is 15.1 Å². The Bertz CT molecular complexity index is 568. The van der Waals surface area contributed by atoms with Crippen molar-refractivity contribution < 1.29 is 4.79 Å². The number of hydrogen-bond donors (Lipinski definition) is 3. The molecule has 0 saturated carbocycles. The molecular weight excluding hydrogens is 192 g/mol. The number of hydrogen-bond acceptors (Lipinski definition) is 3. The number of carbonyl (C=O) groups is 1. The lowest BCUT2D eigenvalue weighted by atomic mass is 10.1. The maximum absolute atomic E-state index is 11.0. The number of amides is 1. The van der Waals surface area contributed by atoms with Gasteiger partial charge in [0.25, 0.3) is 5.91 Å². The van der Waals surface area contributed by atoms with E-state index in [1.54, 1.807) is 0 Å². The monoisotopic (exact) mass is 202 g/mol. The minimum atomic E-state index is -0.596. The van der Waals surface area contributed by atoms with Crippen molar-refractivity contribution in [2.75, 3.05) is 0 Å². The van der Waals surface area contributed by atoms with E-state index < -0.39 is 12.1 Å². The largest absolute Gasteiger partial charge is 0.367 e. The summed E-state index contributed by atoms with van der Waals surface area (Å²) in [5, 5.41) is 5.18. The second-order valence-electron chi connectivity index (χ2n) is 3.66. The quantitative estimate of drug-likeness (QED) is 0.483. The first kappa shape index (κ1) is 8.43. The fourth-order valence-electron chi connectivity index (χ4n) is 1.92. The van der Waals surface area contributed by atoms with Gasteiger partial charge in [-0.25, -0.2) is 0 Å². The van der Waals surface area contributed by atoms with Crippen molar-refractivity contribution in [2.45, 2.75) is 12.2 Å². The minimum absolute atomic E-state index is 0.00588. The van der Waals surface area contributed by atoms with Gasteiger partial charge in [-0.15, -0.1) is 0 Å². The minimum Gasteiger partial charge on any atom is -0.367 e. The van der Waals surface area contributed by atoms with Crippen molar-refractivity contribution >= 4 is 23.8 Å². The average molecular weight is 202 g/mol. The summed E-state index contributed by atoms with van der Waals surface area (Å²) >= 11 is 0. The van der Waals surface area contributed by atoms with Gasteiger partial charge in [0.2, 0.25) is 0 Å². The van der Waals surface area contributed by atoms with E-state index in [4.69, 9.17) is 5.73 Å². The third kappa shape index (κ3) is 1.20. The summed E-state index contributed by atoms with van der Waals surface area (Å²) in [5.41, 5.74) is 6.05. The van der Waals surface area contributed by atoms with Crippen LogP contribution in [0.25, 0.3) is 12.2 Å². The molecule has 0 spiro atoms. The Morgan fingerprint density at radius 1 is 1.53 bits per heavy atom. The van der Waals surface area contributed by atoms with E-state index in [9.17, 15) is 4.79 Å². The SMILES string of the molecule is NC(=O)C1N=C2C=c3cc[nH]c3=CC2N1. The number of aromatic nitrogens is 1. The molecule has 2 aliphatic rings. The Morgan fingerprint density at radius 3 is 3.20 bits per heavy atom. The van der Waals surface area contributed by atoms with Crippen molar-refractivity contribution in [1.82, 2.24) is 10.3 Å². The van der Waals surface area contributed by atoms with Crippen LogP contribution in [0, 0.1) is 0 Å². The fraction of sp³-hybridized carbons (Fsp3) is 0.200. The molecule has 0 bridgehead atoms. The molecular formula is C10H10N4O. The average Bonchev–Trinajstić information content (AvgIpc) is 2.77. The van der Waals surface area contributed by atoms with E-state index in [2.05, 4.69) is 15.3 Å². The number of carbonyl (C=O) groups excluding carboxylic acids is 1. The molecule has 5 heteroatoms. The highest BCUT2D eigenvalue weighted by molar-refractivity contribution is 6.19. The molecule has 0 saturated heterocycles. The highest BCUT2D eigenvalue weighted by Crippen LogP contribution is 2.08. The first-order chi connectivity index (χ1) is 7.24. The lowest BCUT2D eigenvalue weighted by molar-refractivity contribution is -0.119. The van der Waals surface area contributed by atoms with Crippen LogP contribution in [-0.2, 0) is 4.79 Å². The Labute approximate surface area is 85.4 Å². The molecule has 1 amide bonds. The molecule has 0 radical (unpaired) electrons. The van der Waals surface area contributed by atoms with Gasteiger partial charge in [0.05, 0.1) is 11.8 Å². The van der Waals surface area contributed by atoms with Crippen LogP contribution in [0.15, 0.2) is 17.3 Å². The van der Waals surface area contributed by atoms with Crippen LogP contribution in [-0.4, -0.2) is 28.8 Å². The summed E-state index contributed by atoms with van der Waals surface area (Å²) in [6, 6.07) is 1.97. The van der Waals surface area contributed by atoms with E-state index in [0.717, 1.165) is 16.3 Å². The van der Waals surface area contributed by atoms with Gasteiger partial charge in [0, 0.05) is 16.8 Å². The van der Waals surface area contributed by atoms with E-state index in [-0.39, 0.29) is 6.04 Å². The van der Waals surface area contributed by atoms with Crippen molar-refractivity contribution in [2.24, 2.45) is 10.7 Å². The number of primary amides is 1. The van der Waals surface area contributed by atoms with Crippen molar-refractivity contribution in [3.8, 4) is 0 Å². The van der Waals surface area contributed by atoms with E-state index in [0.29, 0.717) is 0 Å². The number of aliphatic imine (C=N–C) groups is 1. The topological polar surface area (TPSA) is 83.3 Å². The first-order valence-corrected chi connectivity index (χ1v) is 4.74. The van der Waals surface area contributed by atoms with Crippen molar-refractivity contribution in [1.29, 1.82) is 0 Å². The molecule has 2 unspecified atom stereocenters. The number of aromatic amines is 1. The summed E-state index contributed by atoms with van der Waals surface area (Å²) in [6.07, 6.45) is 5.26. The van der Waals surface area contributed by atoms with Crippen LogP contribution in [0.3, 0.4) is 0 Å². The summed E-state index contributed by atoms with van der Waals surface area (Å²) in [4.78, 5) is 18.3. The molecule has 2 atom stereocenters. The Kier molecular flexibility index (Phi) is 1.58. The summed E-state index contributed by atoms with van der Waals surface area (Å²) in [5.74, 6) is -0.442. The predicted octanol–water partition coefficient (Wildman–Crippen LogP) is -2.19. The molecule has 3 rings (SSSR count). The lowest BCUT2D eigenvalue weighted by Gasteiger charge is -2.09. The van der Waals surface area contributed by atoms with Crippen LogP contribution in [0.1, 0.15) is 0 Å². The summed E-state index contributed by atoms with van der Waals surface area (Å²) < 4.78 is 0. The summed E-state index contributed by atoms with van der Waals surface area (Å²) in [6.45, 7) is 0. The number of fused-ring (bicyclic) bond motifs is 2. The zero-order valence-electron chi connectivity index (χ0n) is 7.90. The molecule has 4 N–H and O–H groups in total. The van der Waals surface area contributed by atoms with Crippen molar-refractivity contribution in [3.63, 3.8) is 0 Å². The van der Waals surface area contributed by atoms with Gasteiger partial charge in [0.15, 0.2) is 6.17 Å². The molecule has 0 fully saturated rings. The normalized spacial score (nSPS) is 27.1. The third-order valence-corrected chi connectivity index (χ3v) is 2.65. The number of rotatable bonds is 1. The number of H-pyrrole nitrogens is 1. The maximum Gasteiger partial charge on any atom is 0.257 e. The van der Waals surface area contributed by atoms with Gasteiger partial charge in [0.1, 0.15) is 0 Å². The van der Waals surface area contributed by atoms with Gasteiger partial charge in [-0.2, -0.15) is 0 Å². The number of nitrogens with two attached hydrogens (primary N) is 1. The van der Waals surface area contributed by atoms with E-state index in [1.165, 1.54) is 0 Å². The zero-order chi connectivity index (χ0) is 10.4. The number of nitrogens with zero attached hydrogens (tertiary/aromatic N) is 1. The van der Waals surface area contributed by atoms with E-state index >= 15 is 0 Å². The van der Waals surface area contributed by atoms with Crippen LogP contribution < -0.4 is 21.6 Å². The fourth-order valence-corrected chi connectivity index (χ4v) is 1.92. The van der Waals surface area contributed by atoms with Crippen LogP contribution in [0.5, 0.6) is 0 Å². The van der Waals surface area contributed by atoms with Crippen LogP contribution in [0.4, 0.5) is 0 Å². The Hall–Kier alpha value is -1.88. The molecule has 1 aliphatic heterocycles. The second-order valence-corrected chi connectivity index (χ2v) is 3.66. The van der Waals surface area contributed by atoms with Crippen molar-refractivity contribution in [3.05, 3.63) is 22.8 Å². The van der Waals surface area contributed by atoms with Gasteiger partial charge >= 0.3 is 0 Å². The number of nitrogens with one attached hydrogen (secondary N) is 2.